The minimum atomic E-state index is 0.172. The molecule has 0 spiro atoms. The van der Waals surface area contributed by atoms with Crippen molar-refractivity contribution in [3.63, 3.8) is 0 Å². The molecule has 0 aliphatic rings. The fraction of sp³-hybridized carbons (Fsp3) is 0.429. The van der Waals surface area contributed by atoms with Gasteiger partial charge in [-0.1, -0.05) is 45.0 Å². The first-order valence-electron chi connectivity index (χ1n) is 8.37. The van der Waals surface area contributed by atoms with E-state index in [2.05, 4.69) is 82.2 Å². The highest BCUT2D eigenvalue weighted by Gasteiger charge is 2.13. The van der Waals surface area contributed by atoms with E-state index in [1.165, 1.54) is 11.1 Å². The molecule has 0 N–H and O–H groups in total. The standard InChI is InChI=1S/C21H29NO/c1-21(2,3)18-11-13-19(14-12-18)23-20-10-6-8-17(16-20)9-7-15-22(4)5/h6,8,10-14,16H,7,9,15H2,1-5H3. The first-order valence-corrected chi connectivity index (χ1v) is 8.37. The monoisotopic (exact) mass is 311 g/mol. The largest absolute Gasteiger partial charge is 0.457 e. The molecule has 0 saturated carbocycles. The molecule has 2 rings (SSSR count). The van der Waals surface area contributed by atoms with Crippen LogP contribution in [0.5, 0.6) is 11.5 Å². The van der Waals surface area contributed by atoms with Crippen molar-refractivity contribution in [2.75, 3.05) is 20.6 Å². The van der Waals surface area contributed by atoms with E-state index in [-0.39, 0.29) is 5.41 Å². The van der Waals surface area contributed by atoms with E-state index in [0.717, 1.165) is 30.9 Å². The molecule has 0 aliphatic heterocycles. The fourth-order valence-electron chi connectivity index (χ4n) is 2.52. The number of aryl methyl sites for hydroxylation is 1. The molecule has 124 valence electrons. The predicted octanol–water partition coefficient (Wildman–Crippen LogP) is 5.27. The molecule has 0 heterocycles. The summed E-state index contributed by atoms with van der Waals surface area (Å²) in [5.74, 6) is 1.80. The summed E-state index contributed by atoms with van der Waals surface area (Å²) in [6, 6.07) is 16.8. The van der Waals surface area contributed by atoms with Gasteiger partial charge in [-0.05, 0) is 74.3 Å². The maximum absolute atomic E-state index is 6.00. The van der Waals surface area contributed by atoms with Crippen molar-refractivity contribution in [1.29, 1.82) is 0 Å². The van der Waals surface area contributed by atoms with Crippen LogP contribution in [0.15, 0.2) is 48.5 Å². The normalized spacial score (nSPS) is 11.7. The van der Waals surface area contributed by atoms with Gasteiger partial charge in [-0.25, -0.2) is 0 Å². The van der Waals surface area contributed by atoms with Crippen LogP contribution in [0.25, 0.3) is 0 Å². The number of nitrogens with zero attached hydrogens (tertiary/aromatic N) is 1. The van der Waals surface area contributed by atoms with Gasteiger partial charge in [0.1, 0.15) is 11.5 Å². The molecular formula is C21H29NO. The Kier molecular flexibility index (Phi) is 5.84. The second-order valence-electron chi connectivity index (χ2n) is 7.43. The Labute approximate surface area is 141 Å². The third kappa shape index (κ3) is 5.72. The predicted molar refractivity (Wildman–Crippen MR) is 98.5 cm³/mol. The minimum absolute atomic E-state index is 0.172. The quantitative estimate of drug-likeness (QED) is 0.720. The number of ether oxygens (including phenoxy) is 1. The smallest absolute Gasteiger partial charge is 0.127 e. The maximum Gasteiger partial charge on any atom is 0.127 e. The summed E-state index contributed by atoms with van der Waals surface area (Å²) in [7, 11) is 4.22. The molecule has 2 heteroatoms. The lowest BCUT2D eigenvalue weighted by molar-refractivity contribution is 0.400. The van der Waals surface area contributed by atoms with E-state index in [1.54, 1.807) is 0 Å². The summed E-state index contributed by atoms with van der Waals surface area (Å²) in [6.45, 7) is 7.78. The zero-order chi connectivity index (χ0) is 16.9. The van der Waals surface area contributed by atoms with E-state index in [9.17, 15) is 0 Å². The van der Waals surface area contributed by atoms with Gasteiger partial charge >= 0.3 is 0 Å². The lowest BCUT2D eigenvalue weighted by atomic mass is 9.87. The molecule has 0 saturated heterocycles. The van der Waals surface area contributed by atoms with Crippen molar-refractivity contribution < 1.29 is 4.74 Å². The van der Waals surface area contributed by atoms with Crippen molar-refractivity contribution in [1.82, 2.24) is 4.90 Å². The Morgan fingerprint density at radius 2 is 1.61 bits per heavy atom. The Morgan fingerprint density at radius 1 is 0.913 bits per heavy atom. The van der Waals surface area contributed by atoms with E-state index in [1.807, 2.05) is 6.07 Å². The lowest BCUT2D eigenvalue weighted by Crippen LogP contribution is -2.13. The second kappa shape index (κ2) is 7.65. The Hall–Kier alpha value is -1.80. The number of rotatable bonds is 6. The van der Waals surface area contributed by atoms with Gasteiger partial charge in [-0.3, -0.25) is 0 Å². The highest BCUT2D eigenvalue weighted by molar-refractivity contribution is 5.36. The molecule has 0 radical (unpaired) electrons. The first-order chi connectivity index (χ1) is 10.8. The van der Waals surface area contributed by atoms with E-state index < -0.39 is 0 Å². The van der Waals surface area contributed by atoms with Crippen LogP contribution < -0.4 is 4.74 Å². The van der Waals surface area contributed by atoms with Crippen LogP contribution in [-0.4, -0.2) is 25.5 Å². The van der Waals surface area contributed by atoms with Crippen molar-refractivity contribution in [2.45, 2.75) is 39.0 Å². The molecule has 2 nitrogen and oxygen atoms in total. The van der Waals surface area contributed by atoms with Gasteiger partial charge in [0.15, 0.2) is 0 Å². The van der Waals surface area contributed by atoms with Crippen LogP contribution in [0, 0.1) is 0 Å². The second-order valence-corrected chi connectivity index (χ2v) is 7.43. The first kappa shape index (κ1) is 17.6. The van der Waals surface area contributed by atoms with Crippen molar-refractivity contribution in [3.05, 3.63) is 59.7 Å². The topological polar surface area (TPSA) is 12.5 Å². The van der Waals surface area contributed by atoms with E-state index in [0.29, 0.717) is 0 Å². The Morgan fingerprint density at radius 3 is 2.22 bits per heavy atom. The van der Waals surface area contributed by atoms with Gasteiger partial charge in [-0.15, -0.1) is 0 Å². The SMILES string of the molecule is CN(C)CCCc1cccc(Oc2ccc(C(C)(C)C)cc2)c1. The van der Waals surface area contributed by atoms with Crippen LogP contribution in [0.4, 0.5) is 0 Å². The van der Waals surface area contributed by atoms with E-state index >= 15 is 0 Å². The number of hydrogen-bond acceptors (Lipinski definition) is 2. The van der Waals surface area contributed by atoms with Crippen LogP contribution in [0.3, 0.4) is 0 Å². The third-order valence-electron chi connectivity index (χ3n) is 3.93. The van der Waals surface area contributed by atoms with Gasteiger partial charge in [0.25, 0.3) is 0 Å². The molecule has 2 aromatic carbocycles. The van der Waals surface area contributed by atoms with Crippen LogP contribution in [-0.2, 0) is 11.8 Å². The van der Waals surface area contributed by atoms with Gasteiger partial charge < -0.3 is 9.64 Å². The molecular weight excluding hydrogens is 282 g/mol. The molecule has 2 aromatic rings. The summed E-state index contributed by atoms with van der Waals surface area (Å²) in [4.78, 5) is 2.22. The minimum Gasteiger partial charge on any atom is -0.457 e. The summed E-state index contributed by atoms with van der Waals surface area (Å²) < 4.78 is 6.00. The highest BCUT2D eigenvalue weighted by atomic mass is 16.5. The van der Waals surface area contributed by atoms with Crippen LogP contribution in [0.2, 0.25) is 0 Å². The number of benzene rings is 2. The Balaban J connectivity index is 2.00. The van der Waals surface area contributed by atoms with Crippen molar-refractivity contribution >= 4 is 0 Å². The molecule has 0 bridgehead atoms. The van der Waals surface area contributed by atoms with Crippen LogP contribution in [0.1, 0.15) is 38.3 Å². The molecule has 0 aliphatic carbocycles. The molecule has 23 heavy (non-hydrogen) atoms. The average Bonchev–Trinajstić information content (AvgIpc) is 2.47. The molecule has 0 atom stereocenters. The maximum atomic E-state index is 6.00. The fourth-order valence-corrected chi connectivity index (χ4v) is 2.52. The zero-order valence-electron chi connectivity index (χ0n) is 15.1. The summed E-state index contributed by atoms with van der Waals surface area (Å²) in [5.41, 5.74) is 2.82. The molecule has 0 aromatic heterocycles. The van der Waals surface area contributed by atoms with Gasteiger partial charge in [-0.2, -0.15) is 0 Å². The van der Waals surface area contributed by atoms with Gasteiger partial charge in [0, 0.05) is 0 Å². The van der Waals surface area contributed by atoms with Gasteiger partial charge in [0.05, 0.1) is 0 Å². The lowest BCUT2D eigenvalue weighted by Gasteiger charge is -2.19. The van der Waals surface area contributed by atoms with Crippen LogP contribution >= 0.6 is 0 Å². The molecule has 0 fully saturated rings. The zero-order valence-corrected chi connectivity index (χ0v) is 15.1. The summed E-state index contributed by atoms with van der Waals surface area (Å²) >= 11 is 0. The van der Waals surface area contributed by atoms with Crippen molar-refractivity contribution in [3.8, 4) is 11.5 Å². The third-order valence-corrected chi connectivity index (χ3v) is 3.93. The summed E-state index contributed by atoms with van der Waals surface area (Å²) in [5, 5.41) is 0. The van der Waals surface area contributed by atoms with Crippen molar-refractivity contribution in [2.24, 2.45) is 0 Å². The molecule has 0 unspecified atom stereocenters. The average molecular weight is 311 g/mol. The summed E-state index contributed by atoms with van der Waals surface area (Å²) in [6.07, 6.45) is 2.25. The van der Waals surface area contributed by atoms with E-state index in [4.69, 9.17) is 4.74 Å². The van der Waals surface area contributed by atoms with Gasteiger partial charge in [0.2, 0.25) is 0 Å². The number of hydrogen-bond donors (Lipinski definition) is 0. The molecule has 0 amide bonds. The highest BCUT2D eigenvalue weighted by Crippen LogP contribution is 2.27. The Bertz CT molecular complexity index is 608.